The predicted molar refractivity (Wildman–Crippen MR) is 136 cm³/mol. The van der Waals surface area contributed by atoms with Crippen LogP contribution in [-0.2, 0) is 13.1 Å². The van der Waals surface area contributed by atoms with Crippen LogP contribution in [0.2, 0.25) is 5.02 Å². The van der Waals surface area contributed by atoms with Crippen LogP contribution in [0.3, 0.4) is 0 Å². The third-order valence-corrected chi connectivity index (χ3v) is 6.71. The van der Waals surface area contributed by atoms with Gasteiger partial charge in [-0.25, -0.2) is 13.6 Å². The number of ether oxygens (including phenoxy) is 1. The van der Waals surface area contributed by atoms with Gasteiger partial charge in [0.05, 0.1) is 24.9 Å². The minimum absolute atomic E-state index is 0.0198. The molecule has 0 saturated heterocycles. The first kappa shape index (κ1) is 26.4. The number of carbonyl (C=O) groups excluding carboxylic acids is 2. The molecule has 0 unspecified atom stereocenters. The zero-order valence-electron chi connectivity index (χ0n) is 20.3. The van der Waals surface area contributed by atoms with Gasteiger partial charge in [0.15, 0.2) is 11.6 Å². The van der Waals surface area contributed by atoms with Crippen LogP contribution in [0.4, 0.5) is 19.3 Å². The van der Waals surface area contributed by atoms with Gasteiger partial charge >= 0.3 is 6.03 Å². The Hall–Kier alpha value is -3.69. The monoisotopic (exact) mass is 529 g/mol. The summed E-state index contributed by atoms with van der Waals surface area (Å²) < 4.78 is 34.4. The molecule has 1 aliphatic heterocycles. The van der Waals surface area contributed by atoms with Crippen molar-refractivity contribution in [2.75, 3.05) is 25.2 Å². The Morgan fingerprint density at radius 1 is 1.16 bits per heavy atom. The molecule has 0 radical (unpaired) electrons. The third-order valence-electron chi connectivity index (χ3n) is 6.36. The first-order chi connectivity index (χ1) is 17.7. The maximum absolute atomic E-state index is 14.7. The van der Waals surface area contributed by atoms with E-state index in [1.165, 1.54) is 34.1 Å². The van der Waals surface area contributed by atoms with Crippen LogP contribution in [0.25, 0.3) is 0 Å². The molecule has 0 fully saturated rings. The second-order valence-corrected chi connectivity index (χ2v) is 9.02. The molecule has 1 aliphatic rings. The number of carbonyl (C=O) groups is 2. The van der Waals surface area contributed by atoms with Crippen LogP contribution in [0.1, 0.15) is 40.0 Å². The highest BCUT2D eigenvalue weighted by atomic mass is 35.5. The maximum Gasteiger partial charge on any atom is 0.325 e. The molecular weight excluding hydrogens is 504 g/mol. The number of hydrogen-bond donors (Lipinski definition) is 2. The summed E-state index contributed by atoms with van der Waals surface area (Å²) in [6.45, 7) is 1.33. The summed E-state index contributed by atoms with van der Waals surface area (Å²) in [5.74, 6) is -1.67. The fourth-order valence-corrected chi connectivity index (χ4v) is 4.39. The number of hydrogen-bond acceptors (Lipinski definition) is 4. The van der Waals surface area contributed by atoms with Crippen molar-refractivity contribution in [1.82, 2.24) is 10.2 Å². The molecular formula is C27H26ClF2N3O4. The molecule has 0 aromatic heterocycles. The van der Waals surface area contributed by atoms with Gasteiger partial charge in [-0.3, -0.25) is 9.69 Å². The molecule has 0 spiro atoms. The Morgan fingerprint density at radius 3 is 2.65 bits per heavy atom. The number of rotatable bonds is 8. The van der Waals surface area contributed by atoms with Crippen molar-refractivity contribution in [2.24, 2.45) is 0 Å². The summed E-state index contributed by atoms with van der Waals surface area (Å²) in [5, 5.41) is 11.8. The topological polar surface area (TPSA) is 82.1 Å². The Labute approximate surface area is 218 Å². The molecule has 3 aromatic carbocycles. The molecule has 0 aliphatic carbocycles. The average molecular weight is 530 g/mol. The standard InChI is InChI=1S/C27H26ClF2N3O4/c1-16-19-10-9-17(26(35)31-14-18-5-3-8-24(25(18)30)37-12-11-34)13-23(19)33(27(36)32(16)2)15-20-21(28)6-4-7-22(20)29/h3-10,13,16,34H,11-12,14-15H2,1-2H3,(H,31,35)/t16-/m0/s1. The summed E-state index contributed by atoms with van der Waals surface area (Å²) in [4.78, 5) is 29.1. The molecule has 3 amide bonds. The van der Waals surface area contributed by atoms with Gasteiger partial charge in [0.25, 0.3) is 5.91 Å². The van der Waals surface area contributed by atoms with Gasteiger partial charge < -0.3 is 20.1 Å². The van der Waals surface area contributed by atoms with Gasteiger partial charge in [0.2, 0.25) is 0 Å². The van der Waals surface area contributed by atoms with Gasteiger partial charge in [-0.05, 0) is 42.8 Å². The van der Waals surface area contributed by atoms with Crippen molar-refractivity contribution in [2.45, 2.75) is 26.1 Å². The first-order valence-corrected chi connectivity index (χ1v) is 12.0. The maximum atomic E-state index is 14.7. The number of fused-ring (bicyclic) bond motifs is 1. The SMILES string of the molecule is C[C@H]1c2ccc(C(=O)NCc3cccc(OCCO)c3F)cc2N(Cc2c(F)cccc2Cl)C(=O)N1C. The van der Waals surface area contributed by atoms with Gasteiger partial charge in [0.1, 0.15) is 12.4 Å². The second kappa shape index (κ2) is 11.1. The number of amides is 3. The van der Waals surface area contributed by atoms with E-state index in [4.69, 9.17) is 21.4 Å². The lowest BCUT2D eigenvalue weighted by Crippen LogP contribution is -2.46. The number of nitrogens with zero attached hydrogens (tertiary/aromatic N) is 2. The molecule has 37 heavy (non-hydrogen) atoms. The molecule has 0 bridgehead atoms. The van der Waals surface area contributed by atoms with Crippen molar-refractivity contribution >= 4 is 29.2 Å². The lowest BCUT2D eigenvalue weighted by Gasteiger charge is -2.39. The van der Waals surface area contributed by atoms with Crippen LogP contribution in [0.5, 0.6) is 5.75 Å². The molecule has 194 valence electrons. The Kier molecular flexibility index (Phi) is 7.94. The van der Waals surface area contributed by atoms with Crippen LogP contribution < -0.4 is 15.0 Å². The van der Waals surface area contributed by atoms with Crippen molar-refractivity contribution in [3.63, 3.8) is 0 Å². The molecule has 7 nitrogen and oxygen atoms in total. The summed E-state index contributed by atoms with van der Waals surface area (Å²) in [7, 11) is 1.65. The number of aliphatic hydroxyl groups is 1. The van der Waals surface area contributed by atoms with Crippen LogP contribution in [0.15, 0.2) is 54.6 Å². The van der Waals surface area contributed by atoms with E-state index in [9.17, 15) is 18.4 Å². The molecule has 2 N–H and O–H groups in total. The molecule has 0 saturated carbocycles. The Morgan fingerprint density at radius 2 is 1.92 bits per heavy atom. The van der Waals surface area contributed by atoms with E-state index in [0.717, 1.165) is 5.56 Å². The van der Waals surface area contributed by atoms with E-state index in [1.807, 2.05) is 6.92 Å². The second-order valence-electron chi connectivity index (χ2n) is 8.61. The smallest absolute Gasteiger partial charge is 0.325 e. The summed E-state index contributed by atoms with van der Waals surface area (Å²) in [6, 6.07) is 13.2. The lowest BCUT2D eigenvalue weighted by atomic mass is 9.98. The fourth-order valence-electron chi connectivity index (χ4n) is 4.17. The lowest BCUT2D eigenvalue weighted by molar-refractivity contribution is 0.0950. The number of halogens is 3. The number of nitrogens with one attached hydrogen (secondary N) is 1. The molecule has 4 rings (SSSR count). The Bertz CT molecular complexity index is 1320. The van der Waals surface area contributed by atoms with Crippen LogP contribution in [0, 0.1) is 11.6 Å². The molecule has 3 aromatic rings. The van der Waals surface area contributed by atoms with E-state index in [0.29, 0.717) is 5.69 Å². The largest absolute Gasteiger partial charge is 0.488 e. The summed E-state index contributed by atoms with van der Waals surface area (Å²) in [5.41, 5.74) is 1.88. The van der Waals surface area contributed by atoms with Crippen molar-refractivity contribution in [3.8, 4) is 5.75 Å². The van der Waals surface area contributed by atoms with Crippen LogP contribution >= 0.6 is 11.6 Å². The van der Waals surface area contributed by atoms with Crippen molar-refractivity contribution in [3.05, 3.63) is 93.5 Å². The number of aliphatic hydroxyl groups excluding tert-OH is 1. The van der Waals surface area contributed by atoms with E-state index >= 15 is 0 Å². The first-order valence-electron chi connectivity index (χ1n) is 11.6. The third kappa shape index (κ3) is 5.38. The number of urea groups is 1. The zero-order chi connectivity index (χ0) is 26.7. The van der Waals surface area contributed by atoms with Crippen LogP contribution in [-0.4, -0.2) is 42.2 Å². The van der Waals surface area contributed by atoms with E-state index in [1.54, 1.807) is 37.4 Å². The Balaban J connectivity index is 1.60. The summed E-state index contributed by atoms with van der Waals surface area (Å²) >= 11 is 6.21. The van der Waals surface area contributed by atoms with Crippen molar-refractivity contribution < 1.29 is 28.2 Å². The van der Waals surface area contributed by atoms with Gasteiger partial charge in [-0.15, -0.1) is 0 Å². The highest BCUT2D eigenvalue weighted by molar-refractivity contribution is 6.31. The predicted octanol–water partition coefficient (Wildman–Crippen LogP) is 5.05. The highest BCUT2D eigenvalue weighted by Gasteiger charge is 2.34. The van der Waals surface area contributed by atoms with E-state index in [2.05, 4.69) is 5.32 Å². The quantitative estimate of drug-likeness (QED) is 0.428. The number of anilines is 1. The molecule has 10 heteroatoms. The molecule has 1 atom stereocenters. The van der Waals surface area contributed by atoms with Gasteiger partial charge in [-0.1, -0.05) is 35.9 Å². The zero-order valence-corrected chi connectivity index (χ0v) is 21.1. The van der Waals surface area contributed by atoms with E-state index in [-0.39, 0.29) is 65.8 Å². The minimum atomic E-state index is -0.628. The summed E-state index contributed by atoms with van der Waals surface area (Å²) in [6.07, 6.45) is 0. The normalized spacial score (nSPS) is 15.0. The van der Waals surface area contributed by atoms with Gasteiger partial charge in [-0.2, -0.15) is 0 Å². The fraction of sp³-hybridized carbons (Fsp3) is 0.259. The minimum Gasteiger partial charge on any atom is -0.488 e. The van der Waals surface area contributed by atoms with Gasteiger partial charge in [0, 0.05) is 35.3 Å². The van der Waals surface area contributed by atoms with E-state index < -0.39 is 17.5 Å². The number of benzene rings is 3. The molecule has 1 heterocycles. The van der Waals surface area contributed by atoms with Crippen molar-refractivity contribution in [1.29, 1.82) is 0 Å². The average Bonchev–Trinajstić information content (AvgIpc) is 2.89. The highest BCUT2D eigenvalue weighted by Crippen LogP contribution is 2.38.